The van der Waals surface area contributed by atoms with Crippen LogP contribution in [-0.2, 0) is 12.4 Å². The maximum Gasteiger partial charge on any atom is 0.419 e. The van der Waals surface area contributed by atoms with Gasteiger partial charge in [-0.3, -0.25) is 0 Å². The van der Waals surface area contributed by atoms with Crippen molar-refractivity contribution in [1.29, 1.82) is 0 Å². The van der Waals surface area contributed by atoms with Crippen LogP contribution in [-0.4, -0.2) is 42.0 Å². The number of likely N-dealkylation sites (tertiary alicyclic amines) is 2. The smallest absolute Gasteiger partial charge is 0.325 e. The summed E-state index contributed by atoms with van der Waals surface area (Å²) in [7, 11) is 0. The van der Waals surface area contributed by atoms with Crippen LogP contribution in [0.5, 0.6) is 0 Å². The van der Waals surface area contributed by atoms with Crippen LogP contribution in [0, 0.1) is 23.3 Å². The fourth-order valence-electron chi connectivity index (χ4n) is 5.35. The number of amides is 2. The van der Waals surface area contributed by atoms with Crippen molar-refractivity contribution in [2.45, 2.75) is 49.9 Å². The Hall–Kier alpha value is -2.99. The predicted octanol–water partition coefficient (Wildman–Crippen LogP) is 7.46. The van der Waals surface area contributed by atoms with Gasteiger partial charge in [0.05, 0.1) is 11.1 Å². The lowest BCUT2D eigenvalue weighted by molar-refractivity contribution is -0.142. The van der Waals surface area contributed by atoms with E-state index < -0.39 is 64.6 Å². The van der Waals surface area contributed by atoms with Crippen molar-refractivity contribution in [3.8, 4) is 0 Å². The molecule has 2 amide bonds. The number of hydrogen-bond acceptors (Lipinski definition) is 1. The molecule has 2 aliphatic heterocycles. The summed E-state index contributed by atoms with van der Waals surface area (Å²) in [6.45, 7) is 0.171. The summed E-state index contributed by atoms with van der Waals surface area (Å²) in [5.74, 6) is -8.67. The van der Waals surface area contributed by atoms with Gasteiger partial charge in [0.25, 0.3) is 0 Å². The van der Waals surface area contributed by atoms with Crippen molar-refractivity contribution in [1.82, 2.24) is 9.80 Å². The lowest BCUT2D eigenvalue weighted by Crippen LogP contribution is -2.49. The fourth-order valence-corrected chi connectivity index (χ4v) is 5.35. The molecule has 2 fully saturated rings. The second-order valence-electron chi connectivity index (χ2n) is 9.45. The first-order valence-corrected chi connectivity index (χ1v) is 11.8. The molecule has 2 aromatic rings. The van der Waals surface area contributed by atoms with Gasteiger partial charge in [0.2, 0.25) is 0 Å². The van der Waals surface area contributed by atoms with Gasteiger partial charge in [-0.1, -0.05) is 12.1 Å². The molecule has 0 bridgehead atoms. The normalized spacial score (nSPS) is 18.3. The first kappa shape index (κ1) is 28.0. The summed E-state index contributed by atoms with van der Waals surface area (Å²) in [5, 5.41) is 0. The van der Waals surface area contributed by atoms with Crippen LogP contribution in [0.3, 0.4) is 0 Å². The molecule has 2 aromatic carbocycles. The standard InChI is InChI=1S/C25H22F10N2O/c26-17-3-1-15(19(21(17)28)24(30,31)32)13-5-9-36(10-6-13)23(38)37-11-7-14(8-12-37)16-2-4-18(27)22(29)20(16)25(33,34)35/h1-4,13-14H,5-12H2. The lowest BCUT2D eigenvalue weighted by atomic mass is 9.85. The minimum atomic E-state index is -5.10. The Morgan fingerprint density at radius 1 is 0.605 bits per heavy atom. The van der Waals surface area contributed by atoms with E-state index in [9.17, 15) is 48.7 Å². The number of carbonyl (C=O) groups is 1. The van der Waals surface area contributed by atoms with Crippen molar-refractivity contribution in [3.05, 3.63) is 69.8 Å². The molecule has 4 rings (SSSR count). The van der Waals surface area contributed by atoms with Gasteiger partial charge in [-0.05, 0) is 60.8 Å². The Morgan fingerprint density at radius 2 is 0.921 bits per heavy atom. The van der Waals surface area contributed by atoms with Crippen molar-refractivity contribution in [3.63, 3.8) is 0 Å². The van der Waals surface area contributed by atoms with Gasteiger partial charge in [-0.15, -0.1) is 0 Å². The fraction of sp³-hybridized carbons (Fsp3) is 0.480. The van der Waals surface area contributed by atoms with Gasteiger partial charge in [-0.2, -0.15) is 26.3 Å². The van der Waals surface area contributed by atoms with Gasteiger partial charge < -0.3 is 9.80 Å². The van der Waals surface area contributed by atoms with Crippen molar-refractivity contribution >= 4 is 6.03 Å². The second kappa shape index (κ2) is 10.3. The highest BCUT2D eigenvalue weighted by Crippen LogP contribution is 2.42. The first-order chi connectivity index (χ1) is 17.7. The zero-order valence-corrected chi connectivity index (χ0v) is 19.7. The maximum atomic E-state index is 14.0. The summed E-state index contributed by atoms with van der Waals surface area (Å²) in [4.78, 5) is 15.7. The largest absolute Gasteiger partial charge is 0.419 e. The minimum absolute atomic E-state index is 0.0428. The van der Waals surface area contributed by atoms with Crippen LogP contribution >= 0.6 is 0 Å². The van der Waals surface area contributed by atoms with E-state index in [0.717, 1.165) is 12.1 Å². The van der Waals surface area contributed by atoms with Crippen molar-refractivity contribution in [2.24, 2.45) is 0 Å². The molecule has 0 aliphatic carbocycles. The molecule has 13 heteroatoms. The van der Waals surface area contributed by atoms with Crippen LogP contribution in [0.1, 0.15) is 59.8 Å². The summed E-state index contributed by atoms with van der Waals surface area (Å²) in [6.07, 6.45) is -9.92. The van der Waals surface area contributed by atoms with E-state index in [4.69, 9.17) is 0 Å². The van der Waals surface area contributed by atoms with Crippen LogP contribution < -0.4 is 0 Å². The third-order valence-electron chi connectivity index (χ3n) is 7.23. The highest BCUT2D eigenvalue weighted by atomic mass is 19.4. The highest BCUT2D eigenvalue weighted by Gasteiger charge is 2.42. The molecule has 0 N–H and O–H groups in total. The van der Waals surface area contributed by atoms with Crippen LogP contribution in [0.25, 0.3) is 0 Å². The van der Waals surface area contributed by atoms with Gasteiger partial charge in [-0.25, -0.2) is 22.4 Å². The summed E-state index contributed by atoms with van der Waals surface area (Å²) in [6, 6.07) is 2.63. The molecule has 0 unspecified atom stereocenters. The van der Waals surface area contributed by atoms with E-state index in [1.54, 1.807) is 0 Å². The van der Waals surface area contributed by atoms with Gasteiger partial charge in [0.1, 0.15) is 0 Å². The Bertz CT molecular complexity index is 1100. The topological polar surface area (TPSA) is 23.6 Å². The first-order valence-electron chi connectivity index (χ1n) is 11.8. The maximum absolute atomic E-state index is 14.0. The van der Waals surface area contributed by atoms with E-state index >= 15 is 0 Å². The number of urea groups is 1. The second-order valence-corrected chi connectivity index (χ2v) is 9.45. The zero-order chi connectivity index (χ0) is 28.0. The van der Waals surface area contributed by atoms with Gasteiger partial charge >= 0.3 is 18.4 Å². The molecule has 38 heavy (non-hydrogen) atoms. The predicted molar refractivity (Wildman–Crippen MR) is 115 cm³/mol. The van der Waals surface area contributed by atoms with Crippen LogP contribution in [0.15, 0.2) is 24.3 Å². The summed E-state index contributed by atoms with van der Waals surface area (Å²) < 4.78 is 135. The third-order valence-corrected chi connectivity index (χ3v) is 7.23. The van der Waals surface area contributed by atoms with E-state index in [1.165, 1.54) is 9.80 Å². The highest BCUT2D eigenvalue weighted by molar-refractivity contribution is 5.74. The van der Waals surface area contributed by atoms with E-state index in [1.807, 2.05) is 0 Å². The average molecular weight is 556 g/mol. The molecule has 2 aliphatic rings. The van der Waals surface area contributed by atoms with Crippen LogP contribution in [0.4, 0.5) is 48.7 Å². The summed E-state index contributed by atoms with van der Waals surface area (Å²) >= 11 is 0. The number of benzene rings is 2. The Morgan fingerprint density at radius 3 is 1.21 bits per heavy atom. The van der Waals surface area contributed by atoms with E-state index in [2.05, 4.69) is 0 Å². The molecule has 2 saturated heterocycles. The Labute approximate surface area is 211 Å². The number of carbonyl (C=O) groups excluding carboxylic acids is 1. The zero-order valence-electron chi connectivity index (χ0n) is 19.7. The van der Waals surface area contributed by atoms with E-state index in [0.29, 0.717) is 12.1 Å². The molecular formula is C25H22F10N2O. The molecule has 0 atom stereocenters. The quantitative estimate of drug-likeness (QED) is 0.353. The molecular weight excluding hydrogens is 534 g/mol. The molecule has 208 valence electrons. The van der Waals surface area contributed by atoms with Crippen molar-refractivity contribution < 1.29 is 48.7 Å². The number of hydrogen-bond donors (Lipinski definition) is 0. The van der Waals surface area contributed by atoms with E-state index in [-0.39, 0.29) is 63.0 Å². The number of nitrogens with zero attached hydrogens (tertiary/aromatic N) is 2. The minimum Gasteiger partial charge on any atom is -0.325 e. The molecule has 0 radical (unpaired) electrons. The lowest BCUT2D eigenvalue weighted by Gasteiger charge is -2.39. The van der Waals surface area contributed by atoms with Crippen molar-refractivity contribution in [2.75, 3.05) is 26.2 Å². The molecule has 2 heterocycles. The van der Waals surface area contributed by atoms with Gasteiger partial charge in [0, 0.05) is 26.2 Å². The summed E-state index contributed by atoms with van der Waals surface area (Å²) in [5.41, 5.74) is -4.06. The SMILES string of the molecule is O=C(N1CCC(c2ccc(F)c(F)c2C(F)(F)F)CC1)N1CCC(c2ccc(F)c(F)c2C(F)(F)F)CC1. The molecule has 0 spiro atoms. The third kappa shape index (κ3) is 5.42. The number of alkyl halides is 6. The Kier molecular flexibility index (Phi) is 7.59. The Balaban J connectivity index is 1.40. The number of rotatable bonds is 2. The average Bonchev–Trinajstić information content (AvgIpc) is 2.85. The van der Waals surface area contributed by atoms with Gasteiger partial charge in [0.15, 0.2) is 23.3 Å². The molecule has 3 nitrogen and oxygen atoms in total. The number of halogens is 10. The molecule has 0 aromatic heterocycles. The van der Waals surface area contributed by atoms with Crippen LogP contribution in [0.2, 0.25) is 0 Å². The number of piperidine rings is 2. The molecule has 0 saturated carbocycles. The monoisotopic (exact) mass is 556 g/mol.